The van der Waals surface area contributed by atoms with Gasteiger partial charge in [0.25, 0.3) is 5.91 Å². The molecule has 0 radical (unpaired) electrons. The molecule has 3 aromatic rings. The maximum Gasteiger partial charge on any atom is 0.286 e. The van der Waals surface area contributed by atoms with Crippen LogP contribution in [-0.4, -0.2) is 42.2 Å². The molecule has 1 atom stereocenters. The summed E-state index contributed by atoms with van der Waals surface area (Å²) in [4.78, 5) is 13.0. The second-order valence-corrected chi connectivity index (χ2v) is 10.9. The van der Waals surface area contributed by atoms with Gasteiger partial charge in [-0.3, -0.25) is 4.79 Å². The highest BCUT2D eigenvalue weighted by molar-refractivity contribution is 7.89. The lowest BCUT2D eigenvalue weighted by atomic mass is 10.2. The SMILES string of the molecule is Cc1ccc(S(=O)(=O)N2CCC[C@H]2c2nnc(C(=O)Nc3ccc4c(c3)OCO4)s2)c(C)c1. The fourth-order valence-corrected chi connectivity index (χ4v) is 6.93. The van der Waals surface area contributed by atoms with Gasteiger partial charge in [0.05, 0.1) is 10.9 Å². The van der Waals surface area contributed by atoms with E-state index in [1.165, 1.54) is 4.31 Å². The largest absolute Gasteiger partial charge is 0.454 e. The smallest absolute Gasteiger partial charge is 0.286 e. The predicted octanol–water partition coefficient (Wildman–Crippen LogP) is 3.66. The van der Waals surface area contributed by atoms with Crippen LogP contribution in [0.1, 0.15) is 44.8 Å². The summed E-state index contributed by atoms with van der Waals surface area (Å²) in [6, 6.07) is 9.98. The molecule has 1 N–H and O–H groups in total. The first kappa shape index (κ1) is 21.8. The zero-order valence-corrected chi connectivity index (χ0v) is 19.7. The van der Waals surface area contributed by atoms with Crippen LogP contribution in [0.3, 0.4) is 0 Å². The lowest BCUT2D eigenvalue weighted by Gasteiger charge is -2.23. The zero-order valence-electron chi connectivity index (χ0n) is 18.1. The van der Waals surface area contributed by atoms with Gasteiger partial charge in [-0.25, -0.2) is 8.42 Å². The van der Waals surface area contributed by atoms with Crippen LogP contribution < -0.4 is 14.8 Å². The van der Waals surface area contributed by atoms with E-state index >= 15 is 0 Å². The topological polar surface area (TPSA) is 111 Å². The number of hydrogen-bond donors (Lipinski definition) is 1. The van der Waals surface area contributed by atoms with Crippen LogP contribution in [0.4, 0.5) is 5.69 Å². The molecule has 33 heavy (non-hydrogen) atoms. The summed E-state index contributed by atoms with van der Waals surface area (Å²) < 4.78 is 38.9. The molecule has 1 amide bonds. The first-order valence-corrected chi connectivity index (χ1v) is 12.7. The van der Waals surface area contributed by atoms with Gasteiger partial charge in [0.1, 0.15) is 5.01 Å². The number of rotatable bonds is 5. The van der Waals surface area contributed by atoms with Crippen LogP contribution in [0.5, 0.6) is 11.5 Å². The number of aromatic nitrogens is 2. The maximum absolute atomic E-state index is 13.4. The van der Waals surface area contributed by atoms with Crippen molar-refractivity contribution in [2.45, 2.75) is 37.6 Å². The van der Waals surface area contributed by atoms with Crippen LogP contribution in [0, 0.1) is 13.8 Å². The van der Waals surface area contributed by atoms with Crippen LogP contribution in [0.25, 0.3) is 0 Å². The summed E-state index contributed by atoms with van der Waals surface area (Å²) in [5.41, 5.74) is 2.26. The number of amides is 1. The average Bonchev–Trinajstić information content (AvgIpc) is 3.52. The van der Waals surface area contributed by atoms with E-state index in [1.54, 1.807) is 37.3 Å². The van der Waals surface area contributed by atoms with Gasteiger partial charge in [-0.05, 0) is 50.5 Å². The first-order chi connectivity index (χ1) is 15.8. The summed E-state index contributed by atoms with van der Waals surface area (Å²) in [7, 11) is -3.70. The average molecular weight is 487 g/mol. The summed E-state index contributed by atoms with van der Waals surface area (Å²) in [6.45, 7) is 4.28. The van der Waals surface area contributed by atoms with Gasteiger partial charge in [-0.2, -0.15) is 4.31 Å². The molecule has 5 rings (SSSR count). The van der Waals surface area contributed by atoms with Gasteiger partial charge in [-0.1, -0.05) is 29.0 Å². The minimum absolute atomic E-state index is 0.148. The number of carbonyl (C=O) groups is 1. The molecule has 9 nitrogen and oxygen atoms in total. The fourth-order valence-electron chi connectivity index (χ4n) is 4.11. The minimum atomic E-state index is -3.70. The molecule has 2 aromatic carbocycles. The number of nitrogens with zero attached hydrogens (tertiary/aromatic N) is 3. The normalized spacial score (nSPS) is 17.9. The minimum Gasteiger partial charge on any atom is -0.454 e. The van der Waals surface area contributed by atoms with Crippen molar-refractivity contribution >= 4 is 33.0 Å². The number of benzene rings is 2. The second-order valence-electron chi connectivity index (χ2n) is 8.01. The lowest BCUT2D eigenvalue weighted by molar-refractivity contribution is 0.102. The summed E-state index contributed by atoms with van der Waals surface area (Å²) in [5.74, 6) is 0.765. The Kier molecular flexibility index (Phi) is 5.55. The highest BCUT2D eigenvalue weighted by Gasteiger charge is 2.39. The maximum atomic E-state index is 13.4. The van der Waals surface area contributed by atoms with Crippen LogP contribution in [-0.2, 0) is 10.0 Å². The molecule has 3 heterocycles. The zero-order chi connectivity index (χ0) is 23.2. The van der Waals surface area contributed by atoms with E-state index in [1.807, 2.05) is 13.0 Å². The molecular weight excluding hydrogens is 464 g/mol. The third-order valence-electron chi connectivity index (χ3n) is 5.67. The molecule has 0 unspecified atom stereocenters. The van der Waals surface area contributed by atoms with Crippen LogP contribution in [0.2, 0.25) is 0 Å². The highest BCUT2D eigenvalue weighted by atomic mass is 32.2. The molecule has 11 heteroatoms. The van der Waals surface area contributed by atoms with Gasteiger partial charge < -0.3 is 14.8 Å². The number of aryl methyl sites for hydroxylation is 2. The van der Waals surface area contributed by atoms with E-state index in [0.717, 1.165) is 16.9 Å². The Bertz CT molecular complexity index is 1340. The van der Waals surface area contributed by atoms with Crippen LogP contribution >= 0.6 is 11.3 Å². The van der Waals surface area contributed by atoms with E-state index in [0.29, 0.717) is 52.0 Å². The number of sulfonamides is 1. The number of hydrogen-bond acceptors (Lipinski definition) is 8. The van der Waals surface area contributed by atoms with Gasteiger partial charge in [0.15, 0.2) is 11.5 Å². The van der Waals surface area contributed by atoms with Crippen molar-refractivity contribution in [1.29, 1.82) is 0 Å². The van der Waals surface area contributed by atoms with Crippen molar-refractivity contribution in [3.05, 3.63) is 57.5 Å². The Morgan fingerprint density at radius 1 is 1.12 bits per heavy atom. The van der Waals surface area contributed by atoms with Crippen molar-refractivity contribution in [2.24, 2.45) is 0 Å². The Morgan fingerprint density at radius 3 is 2.76 bits per heavy atom. The second kappa shape index (κ2) is 8.40. The Balaban J connectivity index is 1.36. The van der Waals surface area contributed by atoms with E-state index in [-0.39, 0.29) is 11.8 Å². The van der Waals surface area contributed by atoms with Gasteiger partial charge >= 0.3 is 0 Å². The Hall–Kier alpha value is -3.02. The molecule has 2 aliphatic rings. The third kappa shape index (κ3) is 4.07. The Morgan fingerprint density at radius 2 is 1.94 bits per heavy atom. The molecule has 0 bridgehead atoms. The van der Waals surface area contributed by atoms with Gasteiger partial charge in [0, 0.05) is 18.3 Å². The highest BCUT2D eigenvalue weighted by Crippen LogP contribution is 2.39. The van der Waals surface area contributed by atoms with E-state index in [2.05, 4.69) is 15.5 Å². The lowest BCUT2D eigenvalue weighted by Crippen LogP contribution is -2.31. The van der Waals surface area contributed by atoms with Crippen molar-refractivity contribution in [3.8, 4) is 11.5 Å². The molecule has 1 fully saturated rings. The molecule has 2 aliphatic heterocycles. The van der Waals surface area contributed by atoms with Crippen LogP contribution in [0.15, 0.2) is 41.3 Å². The first-order valence-electron chi connectivity index (χ1n) is 10.5. The number of ether oxygens (including phenoxy) is 2. The van der Waals surface area contributed by atoms with Gasteiger partial charge in [0.2, 0.25) is 21.8 Å². The quantitative estimate of drug-likeness (QED) is 0.586. The van der Waals surface area contributed by atoms with Gasteiger partial charge in [-0.15, -0.1) is 10.2 Å². The van der Waals surface area contributed by atoms with Crippen molar-refractivity contribution in [2.75, 3.05) is 18.7 Å². The molecule has 172 valence electrons. The van der Waals surface area contributed by atoms with Crippen molar-refractivity contribution < 1.29 is 22.7 Å². The molecule has 1 saturated heterocycles. The number of nitrogens with one attached hydrogen (secondary N) is 1. The summed E-state index contributed by atoms with van der Waals surface area (Å²) >= 11 is 1.11. The fraction of sp³-hybridized carbons (Fsp3) is 0.318. The molecule has 0 spiro atoms. The molecule has 1 aromatic heterocycles. The number of fused-ring (bicyclic) bond motifs is 1. The third-order valence-corrected chi connectivity index (χ3v) is 8.76. The number of carbonyl (C=O) groups excluding carboxylic acids is 1. The van der Waals surface area contributed by atoms with E-state index in [4.69, 9.17) is 9.47 Å². The van der Waals surface area contributed by atoms with Crippen molar-refractivity contribution in [1.82, 2.24) is 14.5 Å². The predicted molar refractivity (Wildman–Crippen MR) is 122 cm³/mol. The number of anilines is 1. The standard InChI is InChI=1S/C22H22N4O5S2/c1-13-5-8-19(14(2)10-13)33(28,29)26-9-3-4-16(26)21-24-25-22(32-21)20(27)23-15-6-7-17-18(11-15)31-12-30-17/h5-8,10-11,16H,3-4,9,12H2,1-2H3,(H,23,27)/t16-/m0/s1. The van der Waals surface area contributed by atoms with Crippen molar-refractivity contribution in [3.63, 3.8) is 0 Å². The molecular formula is C22H22N4O5S2. The Labute approximate surface area is 195 Å². The molecule has 0 aliphatic carbocycles. The van der Waals surface area contributed by atoms with E-state index < -0.39 is 22.0 Å². The summed E-state index contributed by atoms with van der Waals surface area (Å²) in [5, 5.41) is 11.6. The summed E-state index contributed by atoms with van der Waals surface area (Å²) in [6.07, 6.45) is 1.34. The molecule has 0 saturated carbocycles. The monoisotopic (exact) mass is 486 g/mol. The van der Waals surface area contributed by atoms with E-state index in [9.17, 15) is 13.2 Å².